The van der Waals surface area contributed by atoms with Crippen LogP contribution in [0.25, 0.3) is 11.4 Å². The van der Waals surface area contributed by atoms with Crippen LogP contribution in [0.3, 0.4) is 0 Å². The van der Waals surface area contributed by atoms with E-state index in [4.69, 9.17) is 0 Å². The molecular formula is C9H10N4S. The van der Waals surface area contributed by atoms with Crippen LogP contribution in [0, 0.1) is 0 Å². The normalized spacial score (nSPS) is 15.4. The molecule has 1 N–H and O–H groups in total. The summed E-state index contributed by atoms with van der Waals surface area (Å²) in [6.45, 7) is 2.87. The van der Waals surface area contributed by atoms with Gasteiger partial charge in [0, 0.05) is 18.5 Å². The summed E-state index contributed by atoms with van der Waals surface area (Å²) < 4.78 is 2.24. The van der Waals surface area contributed by atoms with Gasteiger partial charge in [-0.2, -0.15) is 0 Å². The Balaban J connectivity index is 2.11. The van der Waals surface area contributed by atoms with Crippen molar-refractivity contribution in [3.8, 4) is 11.4 Å². The van der Waals surface area contributed by atoms with E-state index in [9.17, 15) is 0 Å². The van der Waals surface area contributed by atoms with E-state index in [2.05, 4.69) is 25.2 Å². The van der Waals surface area contributed by atoms with Crippen LogP contribution in [-0.2, 0) is 13.1 Å². The molecule has 0 unspecified atom stereocenters. The molecule has 0 aliphatic carbocycles. The van der Waals surface area contributed by atoms with Crippen LogP contribution in [0.2, 0.25) is 0 Å². The molecule has 1 aliphatic heterocycles. The van der Waals surface area contributed by atoms with Crippen molar-refractivity contribution in [1.29, 1.82) is 0 Å². The van der Waals surface area contributed by atoms with Gasteiger partial charge in [0.15, 0.2) is 0 Å². The molecule has 4 nitrogen and oxygen atoms in total. The summed E-state index contributed by atoms with van der Waals surface area (Å²) in [5.41, 5.74) is 4.04. The first-order chi connectivity index (χ1) is 6.95. The molecule has 0 saturated carbocycles. The summed E-state index contributed by atoms with van der Waals surface area (Å²) in [6, 6.07) is 0. The van der Waals surface area contributed by atoms with Crippen LogP contribution in [0.4, 0.5) is 0 Å². The van der Waals surface area contributed by atoms with Crippen molar-refractivity contribution in [1.82, 2.24) is 19.9 Å². The lowest BCUT2D eigenvalue weighted by Gasteiger charge is -2.16. The molecule has 0 bridgehead atoms. The Kier molecular flexibility index (Phi) is 1.85. The zero-order valence-corrected chi connectivity index (χ0v) is 8.42. The third-order valence-electron chi connectivity index (χ3n) is 2.43. The molecule has 0 saturated heterocycles. The highest BCUT2D eigenvalue weighted by atomic mass is 32.1. The van der Waals surface area contributed by atoms with Gasteiger partial charge in [0.05, 0.1) is 29.6 Å². The van der Waals surface area contributed by atoms with Crippen molar-refractivity contribution in [2.45, 2.75) is 13.1 Å². The molecule has 0 atom stereocenters. The van der Waals surface area contributed by atoms with Crippen LogP contribution in [0.5, 0.6) is 0 Å². The minimum Gasteiger partial charge on any atom is -0.324 e. The van der Waals surface area contributed by atoms with E-state index in [0.717, 1.165) is 36.8 Å². The van der Waals surface area contributed by atoms with Gasteiger partial charge in [-0.25, -0.2) is 9.97 Å². The van der Waals surface area contributed by atoms with Gasteiger partial charge in [-0.1, -0.05) is 0 Å². The molecule has 0 radical (unpaired) electrons. The molecule has 3 rings (SSSR count). The Morgan fingerprint density at radius 3 is 3.29 bits per heavy atom. The van der Waals surface area contributed by atoms with Gasteiger partial charge in [0.2, 0.25) is 0 Å². The number of rotatable bonds is 1. The zero-order chi connectivity index (χ0) is 9.38. The van der Waals surface area contributed by atoms with E-state index in [1.54, 1.807) is 11.3 Å². The first-order valence-electron chi connectivity index (χ1n) is 4.59. The molecule has 0 spiro atoms. The van der Waals surface area contributed by atoms with E-state index in [1.165, 1.54) is 0 Å². The van der Waals surface area contributed by atoms with Crippen molar-refractivity contribution < 1.29 is 0 Å². The summed E-state index contributed by atoms with van der Waals surface area (Å²) in [5.74, 6) is 1.11. The first-order valence-corrected chi connectivity index (χ1v) is 5.53. The number of nitrogens with one attached hydrogen (secondary N) is 1. The van der Waals surface area contributed by atoms with E-state index in [1.807, 2.05) is 11.7 Å². The molecule has 0 aromatic carbocycles. The molecular weight excluding hydrogens is 196 g/mol. The van der Waals surface area contributed by atoms with Gasteiger partial charge in [-0.05, 0) is 0 Å². The second-order valence-corrected chi connectivity index (χ2v) is 3.98. The van der Waals surface area contributed by atoms with Crippen LogP contribution < -0.4 is 5.32 Å². The fourth-order valence-electron chi connectivity index (χ4n) is 1.74. The third-order valence-corrected chi connectivity index (χ3v) is 3.01. The minimum atomic E-state index is 0.865. The van der Waals surface area contributed by atoms with Crippen molar-refractivity contribution in [3.63, 3.8) is 0 Å². The predicted molar refractivity (Wildman–Crippen MR) is 55.0 cm³/mol. The average Bonchev–Trinajstić information content (AvgIpc) is 2.85. The molecule has 3 heterocycles. The lowest BCUT2D eigenvalue weighted by molar-refractivity contribution is 0.508. The molecule has 2 aromatic rings. The van der Waals surface area contributed by atoms with Crippen LogP contribution in [-0.4, -0.2) is 21.1 Å². The Morgan fingerprint density at radius 2 is 2.43 bits per heavy atom. The summed E-state index contributed by atoms with van der Waals surface area (Å²) in [7, 11) is 0. The maximum absolute atomic E-state index is 4.38. The van der Waals surface area contributed by atoms with Gasteiger partial charge in [-0.3, -0.25) is 0 Å². The topological polar surface area (TPSA) is 42.7 Å². The van der Waals surface area contributed by atoms with Crippen molar-refractivity contribution >= 4 is 11.3 Å². The van der Waals surface area contributed by atoms with Crippen molar-refractivity contribution in [3.05, 3.63) is 22.9 Å². The van der Waals surface area contributed by atoms with Gasteiger partial charge < -0.3 is 9.88 Å². The van der Waals surface area contributed by atoms with E-state index in [0.29, 0.717) is 0 Å². The quantitative estimate of drug-likeness (QED) is 0.760. The first kappa shape index (κ1) is 8.14. The second-order valence-electron chi connectivity index (χ2n) is 3.26. The van der Waals surface area contributed by atoms with Gasteiger partial charge >= 0.3 is 0 Å². The van der Waals surface area contributed by atoms with Gasteiger partial charge in [-0.15, -0.1) is 11.3 Å². The smallest absolute Gasteiger partial charge is 0.123 e. The van der Waals surface area contributed by atoms with Gasteiger partial charge in [0.25, 0.3) is 0 Å². The Hall–Kier alpha value is -1.20. The monoisotopic (exact) mass is 206 g/mol. The number of fused-ring (bicyclic) bond motifs is 1. The van der Waals surface area contributed by atoms with Crippen LogP contribution >= 0.6 is 11.3 Å². The molecule has 72 valence electrons. The maximum Gasteiger partial charge on any atom is 0.123 e. The number of aromatic nitrogens is 3. The Morgan fingerprint density at radius 1 is 1.43 bits per heavy atom. The fourth-order valence-corrected chi connectivity index (χ4v) is 2.28. The second kappa shape index (κ2) is 3.18. The molecule has 1 aliphatic rings. The largest absolute Gasteiger partial charge is 0.324 e. The third kappa shape index (κ3) is 1.17. The SMILES string of the molecule is c1nc(-c2cnc3n2CCNC3)cs1. The highest BCUT2D eigenvalue weighted by Crippen LogP contribution is 2.21. The van der Waals surface area contributed by atoms with E-state index in [-0.39, 0.29) is 0 Å². The molecule has 0 amide bonds. The molecule has 5 heteroatoms. The highest BCUT2D eigenvalue weighted by Gasteiger charge is 2.15. The standard InChI is InChI=1S/C9H10N4S/c1-2-13-8(7-5-14-6-12-7)3-11-9(13)4-10-1/h3,5-6,10H,1-2,4H2. The van der Waals surface area contributed by atoms with Crippen molar-refractivity contribution in [2.24, 2.45) is 0 Å². The predicted octanol–water partition coefficient (Wildman–Crippen LogP) is 1.11. The average molecular weight is 206 g/mol. The Bertz CT molecular complexity index is 432. The van der Waals surface area contributed by atoms with Crippen LogP contribution in [0.15, 0.2) is 17.1 Å². The summed E-state index contributed by atoms with van der Waals surface area (Å²) >= 11 is 1.62. The zero-order valence-electron chi connectivity index (χ0n) is 7.60. The highest BCUT2D eigenvalue weighted by molar-refractivity contribution is 7.07. The number of hydrogen-bond donors (Lipinski definition) is 1. The molecule has 2 aromatic heterocycles. The summed E-state index contributed by atoms with van der Waals surface area (Å²) in [4.78, 5) is 8.68. The van der Waals surface area contributed by atoms with Gasteiger partial charge in [0.1, 0.15) is 5.82 Å². The number of imidazole rings is 1. The number of hydrogen-bond acceptors (Lipinski definition) is 4. The Labute approximate surface area is 85.6 Å². The number of nitrogens with zero attached hydrogens (tertiary/aromatic N) is 3. The lowest BCUT2D eigenvalue weighted by Crippen LogP contribution is -2.28. The summed E-state index contributed by atoms with van der Waals surface area (Å²) in [5, 5.41) is 5.36. The van der Waals surface area contributed by atoms with E-state index < -0.39 is 0 Å². The molecule has 14 heavy (non-hydrogen) atoms. The fraction of sp³-hybridized carbons (Fsp3) is 0.333. The summed E-state index contributed by atoms with van der Waals surface area (Å²) in [6.07, 6.45) is 1.91. The van der Waals surface area contributed by atoms with Crippen molar-refractivity contribution in [2.75, 3.05) is 6.54 Å². The number of thiazole rings is 1. The molecule has 0 fully saturated rings. The maximum atomic E-state index is 4.38. The van der Waals surface area contributed by atoms with Crippen LogP contribution in [0.1, 0.15) is 5.82 Å². The minimum absolute atomic E-state index is 0.865. The lowest BCUT2D eigenvalue weighted by atomic mass is 10.3. The van der Waals surface area contributed by atoms with E-state index >= 15 is 0 Å².